The van der Waals surface area contributed by atoms with E-state index in [1.54, 1.807) is 11.3 Å². The van der Waals surface area contributed by atoms with Gasteiger partial charge in [0.15, 0.2) is 9.84 Å². The topological polar surface area (TPSA) is 106 Å². The van der Waals surface area contributed by atoms with Crippen molar-refractivity contribution in [2.45, 2.75) is 24.3 Å². The van der Waals surface area contributed by atoms with Gasteiger partial charge in [0.2, 0.25) is 0 Å². The quantitative estimate of drug-likeness (QED) is 0.622. The minimum absolute atomic E-state index is 0.0539. The Labute approximate surface area is 143 Å². The third-order valence-corrected chi connectivity index (χ3v) is 5.12. The molecule has 0 radical (unpaired) electrons. The molecular formula is C15H16N2O5S2. The van der Waals surface area contributed by atoms with E-state index in [4.69, 9.17) is 0 Å². The van der Waals surface area contributed by atoms with Crippen molar-refractivity contribution < 1.29 is 18.1 Å². The van der Waals surface area contributed by atoms with Crippen molar-refractivity contribution in [3.63, 3.8) is 0 Å². The summed E-state index contributed by atoms with van der Waals surface area (Å²) in [5, 5.41) is 17.6. The van der Waals surface area contributed by atoms with Gasteiger partial charge in [0.25, 0.3) is 11.6 Å². The fraction of sp³-hybridized carbons (Fsp3) is 0.267. The first-order valence-electron chi connectivity index (χ1n) is 6.98. The van der Waals surface area contributed by atoms with Crippen LogP contribution in [0, 0.1) is 10.1 Å². The summed E-state index contributed by atoms with van der Waals surface area (Å²) in [4.78, 5) is 22.3. The average molecular weight is 368 g/mol. The van der Waals surface area contributed by atoms with E-state index in [0.29, 0.717) is 6.42 Å². The molecule has 0 aliphatic rings. The van der Waals surface area contributed by atoms with Gasteiger partial charge in [-0.1, -0.05) is 0 Å². The van der Waals surface area contributed by atoms with Crippen LogP contribution in [-0.2, 0) is 16.3 Å². The maximum atomic E-state index is 12.3. The summed E-state index contributed by atoms with van der Waals surface area (Å²) in [5.74, 6) is -0.550. The van der Waals surface area contributed by atoms with Crippen molar-refractivity contribution in [3.8, 4) is 0 Å². The van der Waals surface area contributed by atoms with Gasteiger partial charge in [-0.25, -0.2) is 8.42 Å². The molecule has 1 unspecified atom stereocenters. The number of carbonyl (C=O) groups excluding carboxylic acids is 1. The Morgan fingerprint density at radius 2 is 2.08 bits per heavy atom. The molecule has 2 rings (SSSR count). The number of thiophene rings is 1. The molecule has 0 saturated carbocycles. The van der Waals surface area contributed by atoms with Crippen molar-refractivity contribution in [2.75, 3.05) is 6.26 Å². The number of non-ortho nitro benzene ring substituents is 1. The number of sulfone groups is 1. The molecule has 2 aromatic rings. The SMILES string of the molecule is CC(Cc1ccsc1)NC(=O)c1cc([N+](=O)[O-])cc(S(C)(=O)=O)c1. The van der Waals surface area contributed by atoms with Crippen LogP contribution in [0.15, 0.2) is 39.9 Å². The fourth-order valence-electron chi connectivity index (χ4n) is 2.15. The first-order chi connectivity index (χ1) is 11.2. The predicted molar refractivity (Wildman–Crippen MR) is 91.2 cm³/mol. The second-order valence-corrected chi connectivity index (χ2v) is 8.25. The van der Waals surface area contributed by atoms with E-state index in [-0.39, 0.29) is 16.5 Å². The second kappa shape index (κ2) is 7.10. The van der Waals surface area contributed by atoms with E-state index in [1.165, 1.54) is 0 Å². The van der Waals surface area contributed by atoms with Crippen molar-refractivity contribution in [1.82, 2.24) is 5.32 Å². The second-order valence-electron chi connectivity index (χ2n) is 5.46. The Kier molecular flexibility index (Phi) is 5.35. The van der Waals surface area contributed by atoms with Crippen LogP contribution in [0.2, 0.25) is 0 Å². The highest BCUT2D eigenvalue weighted by Gasteiger charge is 2.20. The van der Waals surface area contributed by atoms with Crippen LogP contribution in [0.25, 0.3) is 0 Å². The number of hydrogen-bond acceptors (Lipinski definition) is 6. The average Bonchev–Trinajstić information content (AvgIpc) is 2.98. The summed E-state index contributed by atoms with van der Waals surface area (Å²) in [6.07, 6.45) is 1.55. The Morgan fingerprint density at radius 1 is 1.38 bits per heavy atom. The number of rotatable bonds is 6. The monoisotopic (exact) mass is 368 g/mol. The first-order valence-corrected chi connectivity index (χ1v) is 9.81. The van der Waals surface area contributed by atoms with E-state index in [1.807, 2.05) is 23.8 Å². The van der Waals surface area contributed by atoms with Crippen molar-refractivity contribution >= 4 is 32.8 Å². The molecule has 1 N–H and O–H groups in total. The number of nitro groups is 1. The van der Waals surface area contributed by atoms with Crippen LogP contribution < -0.4 is 5.32 Å². The fourth-order valence-corrected chi connectivity index (χ4v) is 3.51. The lowest BCUT2D eigenvalue weighted by Gasteiger charge is -2.13. The summed E-state index contributed by atoms with van der Waals surface area (Å²) in [7, 11) is -3.67. The lowest BCUT2D eigenvalue weighted by Crippen LogP contribution is -2.34. The molecule has 128 valence electrons. The Balaban J connectivity index is 2.24. The maximum Gasteiger partial charge on any atom is 0.271 e. The summed E-state index contributed by atoms with van der Waals surface area (Å²) in [6.45, 7) is 1.81. The van der Waals surface area contributed by atoms with Crippen LogP contribution in [0.1, 0.15) is 22.8 Å². The Hall–Kier alpha value is -2.26. The summed E-state index contributed by atoms with van der Waals surface area (Å²) in [6, 6.07) is 4.91. The summed E-state index contributed by atoms with van der Waals surface area (Å²) < 4.78 is 23.3. The molecule has 7 nitrogen and oxygen atoms in total. The van der Waals surface area contributed by atoms with E-state index in [2.05, 4.69) is 5.32 Å². The van der Waals surface area contributed by atoms with E-state index in [0.717, 1.165) is 30.0 Å². The molecule has 1 aromatic carbocycles. The van der Waals surface area contributed by atoms with E-state index < -0.39 is 26.4 Å². The van der Waals surface area contributed by atoms with Crippen molar-refractivity contribution in [3.05, 3.63) is 56.3 Å². The van der Waals surface area contributed by atoms with Gasteiger partial charge in [-0.05, 0) is 41.8 Å². The predicted octanol–water partition coefficient (Wildman–Crippen LogP) is 2.42. The molecule has 0 spiro atoms. The minimum atomic E-state index is -3.67. The zero-order valence-electron chi connectivity index (χ0n) is 13.1. The molecule has 0 aliphatic heterocycles. The standard InChI is InChI=1S/C15H16N2O5S2/c1-10(5-11-3-4-23-9-11)16-15(18)12-6-13(17(19)20)8-14(7-12)24(2,21)22/h3-4,6-10H,5H2,1-2H3,(H,16,18). The number of nitro benzene ring substituents is 1. The van der Waals surface area contributed by atoms with Crippen LogP contribution in [0.4, 0.5) is 5.69 Å². The third kappa shape index (κ3) is 4.62. The molecule has 0 saturated heterocycles. The first kappa shape index (κ1) is 18.1. The third-order valence-electron chi connectivity index (χ3n) is 3.29. The normalized spacial score (nSPS) is 12.6. The molecule has 1 atom stereocenters. The lowest BCUT2D eigenvalue weighted by molar-refractivity contribution is -0.385. The molecule has 1 heterocycles. The number of carbonyl (C=O) groups is 1. The van der Waals surface area contributed by atoms with E-state index >= 15 is 0 Å². The minimum Gasteiger partial charge on any atom is -0.349 e. The van der Waals surface area contributed by atoms with Crippen LogP contribution in [0.5, 0.6) is 0 Å². The summed E-state index contributed by atoms with van der Waals surface area (Å²) >= 11 is 1.55. The van der Waals surface area contributed by atoms with Gasteiger partial charge in [-0.2, -0.15) is 11.3 Å². The largest absolute Gasteiger partial charge is 0.349 e. The number of nitrogens with zero attached hydrogens (tertiary/aromatic N) is 1. The van der Waals surface area contributed by atoms with Gasteiger partial charge in [0, 0.05) is 30.0 Å². The van der Waals surface area contributed by atoms with Gasteiger partial charge in [0.1, 0.15) is 0 Å². The number of benzene rings is 1. The smallest absolute Gasteiger partial charge is 0.271 e. The highest BCUT2D eigenvalue weighted by atomic mass is 32.2. The molecule has 0 bridgehead atoms. The summed E-state index contributed by atoms with van der Waals surface area (Å²) in [5.41, 5.74) is 0.582. The molecule has 24 heavy (non-hydrogen) atoms. The molecule has 9 heteroatoms. The van der Waals surface area contributed by atoms with Crippen LogP contribution in [0.3, 0.4) is 0 Å². The number of nitrogens with one attached hydrogen (secondary N) is 1. The van der Waals surface area contributed by atoms with Crippen LogP contribution >= 0.6 is 11.3 Å². The lowest BCUT2D eigenvalue weighted by atomic mass is 10.1. The number of amides is 1. The molecule has 0 fully saturated rings. The molecule has 1 aromatic heterocycles. The molecular weight excluding hydrogens is 352 g/mol. The zero-order chi connectivity index (χ0) is 17.9. The highest BCUT2D eigenvalue weighted by Crippen LogP contribution is 2.21. The molecule has 1 amide bonds. The van der Waals surface area contributed by atoms with Gasteiger partial charge in [-0.3, -0.25) is 14.9 Å². The zero-order valence-corrected chi connectivity index (χ0v) is 14.7. The number of hydrogen-bond donors (Lipinski definition) is 1. The van der Waals surface area contributed by atoms with Crippen molar-refractivity contribution in [2.24, 2.45) is 0 Å². The van der Waals surface area contributed by atoms with Gasteiger partial charge >= 0.3 is 0 Å². The van der Waals surface area contributed by atoms with Crippen LogP contribution in [-0.4, -0.2) is 31.5 Å². The van der Waals surface area contributed by atoms with E-state index in [9.17, 15) is 23.3 Å². The highest BCUT2D eigenvalue weighted by molar-refractivity contribution is 7.90. The van der Waals surface area contributed by atoms with Gasteiger partial charge in [-0.15, -0.1) is 0 Å². The Morgan fingerprint density at radius 3 is 2.62 bits per heavy atom. The molecule has 0 aliphatic carbocycles. The maximum absolute atomic E-state index is 12.3. The van der Waals surface area contributed by atoms with Gasteiger partial charge < -0.3 is 5.32 Å². The Bertz CT molecular complexity index is 860. The van der Waals surface area contributed by atoms with Crippen molar-refractivity contribution in [1.29, 1.82) is 0 Å². The van der Waals surface area contributed by atoms with Gasteiger partial charge in [0.05, 0.1) is 9.82 Å².